The van der Waals surface area contributed by atoms with Gasteiger partial charge in [-0.3, -0.25) is 14.5 Å². The Morgan fingerprint density at radius 2 is 1.97 bits per heavy atom. The Balaban J connectivity index is 1.34. The van der Waals surface area contributed by atoms with Gasteiger partial charge < -0.3 is 19.7 Å². The molecule has 3 aliphatic rings. The van der Waals surface area contributed by atoms with Gasteiger partial charge >= 0.3 is 6.03 Å². The van der Waals surface area contributed by atoms with Crippen LogP contribution in [0.15, 0.2) is 53.9 Å². The number of hydrogen-bond donors (Lipinski definition) is 1. The molecule has 8 nitrogen and oxygen atoms in total. The second-order valence-electron chi connectivity index (χ2n) is 7.42. The molecule has 2 unspecified atom stereocenters. The highest BCUT2D eigenvalue weighted by atomic mass is 32.2. The number of hydrogen-bond acceptors (Lipinski definition) is 6. The molecule has 1 N–H and O–H groups in total. The van der Waals surface area contributed by atoms with Gasteiger partial charge in [-0.05, 0) is 23.6 Å². The monoisotopic (exact) mass is 455 g/mol. The molecule has 2 aromatic rings. The van der Waals surface area contributed by atoms with Crippen LogP contribution in [0.5, 0.6) is 11.5 Å². The topological polar surface area (TPSA) is 88.2 Å². The summed E-state index contributed by atoms with van der Waals surface area (Å²) >= 11 is 1.28. The first-order valence-corrected chi connectivity index (χ1v) is 10.8. The van der Waals surface area contributed by atoms with Gasteiger partial charge in [-0.15, -0.1) is 11.8 Å². The number of rotatable bonds is 5. The quantitative estimate of drug-likeness (QED) is 0.746. The van der Waals surface area contributed by atoms with Gasteiger partial charge in [0.15, 0.2) is 11.5 Å². The van der Waals surface area contributed by atoms with Crippen LogP contribution in [-0.2, 0) is 16.1 Å². The lowest BCUT2D eigenvalue weighted by molar-refractivity contribution is -0.133. The molecular formula is C22H18FN3O5S. The summed E-state index contributed by atoms with van der Waals surface area (Å²) in [7, 11) is 0. The van der Waals surface area contributed by atoms with Crippen LogP contribution in [0.3, 0.4) is 0 Å². The fraction of sp³-hybridized carbons (Fsp3) is 0.227. The number of fused-ring (bicyclic) bond motifs is 2. The molecule has 1 fully saturated rings. The third-order valence-corrected chi connectivity index (χ3v) is 6.50. The molecule has 0 radical (unpaired) electrons. The van der Waals surface area contributed by atoms with Gasteiger partial charge in [0.05, 0.1) is 12.6 Å². The summed E-state index contributed by atoms with van der Waals surface area (Å²) in [5.41, 5.74) is 0.726. The van der Waals surface area contributed by atoms with Crippen LogP contribution in [0.1, 0.15) is 5.56 Å². The van der Waals surface area contributed by atoms with Gasteiger partial charge in [-0.1, -0.05) is 24.3 Å². The molecule has 0 aromatic heterocycles. The summed E-state index contributed by atoms with van der Waals surface area (Å²) in [6, 6.07) is 9.81. The Morgan fingerprint density at radius 1 is 1.16 bits per heavy atom. The van der Waals surface area contributed by atoms with E-state index in [2.05, 4.69) is 5.32 Å². The van der Waals surface area contributed by atoms with Crippen LogP contribution in [-0.4, -0.2) is 52.3 Å². The predicted octanol–water partition coefficient (Wildman–Crippen LogP) is 2.96. The van der Waals surface area contributed by atoms with Crippen LogP contribution < -0.4 is 14.8 Å². The van der Waals surface area contributed by atoms with E-state index in [1.807, 2.05) is 0 Å². The molecule has 0 saturated carbocycles. The lowest BCUT2D eigenvalue weighted by atomic mass is 10.1. The SMILES string of the molecule is O=C(CN1C(=O)N(Cc2ccccc2F)C(=O)C2SC=CC21)Nc1ccc2c(c1)OCO2. The summed E-state index contributed by atoms with van der Waals surface area (Å²) in [5, 5.41) is 3.92. The smallest absolute Gasteiger partial charge is 0.328 e. The van der Waals surface area contributed by atoms with Gasteiger partial charge in [0.1, 0.15) is 17.6 Å². The normalized spacial score (nSPS) is 21.2. The molecule has 0 spiro atoms. The van der Waals surface area contributed by atoms with E-state index in [1.165, 1.54) is 34.9 Å². The highest BCUT2D eigenvalue weighted by Crippen LogP contribution is 2.36. The maximum absolute atomic E-state index is 14.1. The van der Waals surface area contributed by atoms with Crippen molar-refractivity contribution in [2.45, 2.75) is 17.8 Å². The molecule has 4 amide bonds. The molecule has 10 heteroatoms. The zero-order chi connectivity index (χ0) is 22.2. The van der Waals surface area contributed by atoms with Crippen LogP contribution in [0, 0.1) is 5.82 Å². The summed E-state index contributed by atoms with van der Waals surface area (Å²) < 4.78 is 24.7. The summed E-state index contributed by atoms with van der Waals surface area (Å²) in [4.78, 5) is 41.2. The molecule has 0 aliphatic carbocycles. The van der Waals surface area contributed by atoms with Gasteiger partial charge in [0.2, 0.25) is 18.6 Å². The first-order chi connectivity index (χ1) is 15.5. The van der Waals surface area contributed by atoms with Crippen molar-refractivity contribution in [3.05, 3.63) is 65.3 Å². The van der Waals surface area contributed by atoms with Crippen molar-refractivity contribution in [2.24, 2.45) is 0 Å². The van der Waals surface area contributed by atoms with Crippen molar-refractivity contribution in [3.8, 4) is 11.5 Å². The zero-order valence-corrected chi connectivity index (χ0v) is 17.5. The fourth-order valence-corrected chi connectivity index (χ4v) is 4.90. The molecule has 3 heterocycles. The Bertz CT molecular complexity index is 1140. The molecule has 0 bridgehead atoms. The Kier molecular flexibility index (Phi) is 5.22. The molecule has 32 heavy (non-hydrogen) atoms. The minimum absolute atomic E-state index is 0.119. The van der Waals surface area contributed by atoms with Crippen molar-refractivity contribution in [3.63, 3.8) is 0 Å². The first kappa shape index (κ1) is 20.4. The number of halogens is 1. The number of amides is 4. The highest BCUT2D eigenvalue weighted by molar-refractivity contribution is 8.03. The first-order valence-electron chi connectivity index (χ1n) is 9.88. The number of carbonyl (C=O) groups is 3. The molecule has 5 rings (SSSR count). The number of nitrogens with zero attached hydrogens (tertiary/aromatic N) is 2. The number of nitrogens with one attached hydrogen (secondary N) is 1. The van der Waals surface area contributed by atoms with E-state index in [0.717, 1.165) is 4.90 Å². The third kappa shape index (κ3) is 3.66. The molecule has 3 aliphatic heterocycles. The summed E-state index contributed by atoms with van der Waals surface area (Å²) in [6.45, 7) is -0.344. The number of imide groups is 1. The van der Waals surface area contributed by atoms with E-state index < -0.39 is 35.0 Å². The minimum atomic E-state index is -0.632. The van der Waals surface area contributed by atoms with Crippen LogP contribution in [0.2, 0.25) is 0 Å². The van der Waals surface area contributed by atoms with Gasteiger partial charge in [0.25, 0.3) is 0 Å². The third-order valence-electron chi connectivity index (χ3n) is 5.41. The van der Waals surface area contributed by atoms with E-state index >= 15 is 0 Å². The number of thioether (sulfide) groups is 1. The second-order valence-corrected chi connectivity index (χ2v) is 8.47. The average molecular weight is 455 g/mol. The molecule has 2 aromatic carbocycles. The Hall–Kier alpha value is -3.53. The van der Waals surface area contributed by atoms with E-state index in [4.69, 9.17) is 9.47 Å². The molecule has 2 atom stereocenters. The van der Waals surface area contributed by atoms with Crippen molar-refractivity contribution in [1.82, 2.24) is 9.80 Å². The predicted molar refractivity (Wildman–Crippen MR) is 115 cm³/mol. The average Bonchev–Trinajstić information content (AvgIpc) is 3.45. The highest BCUT2D eigenvalue weighted by Gasteiger charge is 2.47. The number of urea groups is 1. The lowest BCUT2D eigenvalue weighted by Gasteiger charge is -2.40. The van der Waals surface area contributed by atoms with E-state index in [9.17, 15) is 18.8 Å². The minimum Gasteiger partial charge on any atom is -0.454 e. The van der Waals surface area contributed by atoms with Gasteiger partial charge in [-0.25, -0.2) is 9.18 Å². The summed E-state index contributed by atoms with van der Waals surface area (Å²) in [6.07, 6.45) is 1.74. The second kappa shape index (κ2) is 8.19. The molecule has 1 saturated heterocycles. The van der Waals surface area contributed by atoms with Gasteiger partial charge in [0, 0.05) is 17.3 Å². The van der Waals surface area contributed by atoms with Crippen molar-refractivity contribution < 1.29 is 28.2 Å². The van der Waals surface area contributed by atoms with E-state index in [-0.39, 0.29) is 25.4 Å². The van der Waals surface area contributed by atoms with Crippen molar-refractivity contribution >= 4 is 35.3 Å². The van der Waals surface area contributed by atoms with Crippen molar-refractivity contribution in [2.75, 3.05) is 18.7 Å². The lowest BCUT2D eigenvalue weighted by Crippen LogP contribution is -2.62. The fourth-order valence-electron chi connectivity index (χ4n) is 3.84. The van der Waals surface area contributed by atoms with Crippen molar-refractivity contribution in [1.29, 1.82) is 0 Å². The van der Waals surface area contributed by atoms with Gasteiger partial charge in [-0.2, -0.15) is 0 Å². The largest absolute Gasteiger partial charge is 0.454 e. The Labute approximate surface area is 187 Å². The number of ether oxygens (including phenoxy) is 2. The molecule has 164 valence electrons. The Morgan fingerprint density at radius 3 is 2.81 bits per heavy atom. The van der Waals surface area contributed by atoms with E-state index in [1.54, 1.807) is 35.7 Å². The van der Waals surface area contributed by atoms with E-state index in [0.29, 0.717) is 17.2 Å². The number of benzene rings is 2. The number of carbonyl (C=O) groups excluding carboxylic acids is 3. The van der Waals surface area contributed by atoms with Crippen LogP contribution >= 0.6 is 11.8 Å². The van der Waals surface area contributed by atoms with Crippen LogP contribution in [0.4, 0.5) is 14.9 Å². The number of anilines is 1. The maximum Gasteiger partial charge on any atom is 0.328 e. The molecular weight excluding hydrogens is 437 g/mol. The summed E-state index contributed by atoms with van der Waals surface area (Å²) in [5.74, 6) is -0.215. The van der Waals surface area contributed by atoms with Crippen LogP contribution in [0.25, 0.3) is 0 Å². The maximum atomic E-state index is 14.1. The standard InChI is InChI=1S/C22H18FN3O5S/c23-15-4-2-1-3-13(15)10-26-21(28)20-16(7-8-32-20)25(22(26)29)11-19(27)24-14-5-6-17-18(9-14)31-12-30-17/h1-9,16,20H,10-12H2,(H,24,27). The zero-order valence-electron chi connectivity index (χ0n) is 16.7.